The number of hydrogen-bond acceptors (Lipinski definition) is 2. The van der Waals surface area contributed by atoms with E-state index >= 15 is 0 Å². The van der Waals surface area contributed by atoms with Gasteiger partial charge in [-0.05, 0) is 62.5 Å². The largest absolute Gasteiger partial charge is 0.316 e. The van der Waals surface area contributed by atoms with Crippen LogP contribution in [0.5, 0.6) is 0 Å². The Morgan fingerprint density at radius 1 is 1.37 bits per heavy atom. The monoisotopic (exact) mass is 263 g/mol. The highest BCUT2D eigenvalue weighted by atomic mass is 19.1. The zero-order valence-electron chi connectivity index (χ0n) is 11.9. The van der Waals surface area contributed by atoms with Gasteiger partial charge in [-0.3, -0.25) is 4.79 Å². The van der Waals surface area contributed by atoms with Crippen LogP contribution in [0.4, 0.5) is 4.39 Å². The zero-order chi connectivity index (χ0) is 14.0. The number of carbonyl (C=O) groups excluding carboxylic acids is 1. The van der Waals surface area contributed by atoms with Crippen molar-refractivity contribution >= 4 is 5.78 Å². The van der Waals surface area contributed by atoms with Gasteiger partial charge in [0.25, 0.3) is 0 Å². The lowest BCUT2D eigenvalue weighted by atomic mass is 9.70. The number of aryl methyl sites for hydroxylation is 1. The fourth-order valence-electron chi connectivity index (χ4n) is 2.89. The maximum absolute atomic E-state index is 13.5. The Hall–Kier alpha value is -1.22. The highest BCUT2D eigenvalue weighted by Crippen LogP contribution is 2.35. The molecule has 1 aromatic rings. The minimum absolute atomic E-state index is 0.0452. The van der Waals surface area contributed by atoms with Crippen molar-refractivity contribution in [1.82, 2.24) is 5.32 Å². The second-order valence-corrected chi connectivity index (χ2v) is 6.11. The van der Waals surface area contributed by atoms with Crippen LogP contribution < -0.4 is 5.32 Å². The van der Waals surface area contributed by atoms with Gasteiger partial charge in [-0.25, -0.2) is 4.39 Å². The standard InChI is InChI=1S/C16H22FNO/c1-11-7-12(9-14(17)8-11)15(19)16(2,3)13-5-4-6-18-10-13/h7-9,13,18H,4-6,10H2,1-3H3. The van der Waals surface area contributed by atoms with Crippen LogP contribution in [0, 0.1) is 24.1 Å². The molecule has 1 N–H and O–H groups in total. The molecular formula is C16H22FNO. The Morgan fingerprint density at radius 3 is 2.68 bits per heavy atom. The van der Waals surface area contributed by atoms with Crippen LogP contribution in [0.2, 0.25) is 0 Å². The molecule has 0 saturated carbocycles. The molecule has 0 bridgehead atoms. The van der Waals surface area contributed by atoms with Crippen molar-refractivity contribution in [3.8, 4) is 0 Å². The molecule has 1 fully saturated rings. The summed E-state index contributed by atoms with van der Waals surface area (Å²) in [7, 11) is 0. The van der Waals surface area contributed by atoms with Crippen molar-refractivity contribution < 1.29 is 9.18 Å². The third-order valence-corrected chi connectivity index (χ3v) is 4.21. The van der Waals surface area contributed by atoms with Gasteiger partial charge in [0.15, 0.2) is 5.78 Å². The van der Waals surface area contributed by atoms with Gasteiger partial charge in [-0.1, -0.05) is 13.8 Å². The summed E-state index contributed by atoms with van der Waals surface area (Å²) in [5.74, 6) is 0.0297. The molecule has 3 heteroatoms. The van der Waals surface area contributed by atoms with E-state index in [4.69, 9.17) is 0 Å². The molecule has 2 rings (SSSR count). The zero-order valence-corrected chi connectivity index (χ0v) is 11.9. The SMILES string of the molecule is Cc1cc(F)cc(C(=O)C(C)(C)C2CCCNC2)c1. The summed E-state index contributed by atoms with van der Waals surface area (Å²) in [5.41, 5.74) is 0.835. The van der Waals surface area contributed by atoms with Crippen molar-refractivity contribution in [3.63, 3.8) is 0 Å². The minimum Gasteiger partial charge on any atom is -0.316 e. The van der Waals surface area contributed by atoms with E-state index in [0.29, 0.717) is 11.5 Å². The maximum Gasteiger partial charge on any atom is 0.168 e. The van der Waals surface area contributed by atoms with Crippen LogP contribution in [-0.2, 0) is 0 Å². The number of Topliss-reactive ketones (excluding diaryl/α,β-unsaturated/α-hetero) is 1. The first kappa shape index (κ1) is 14.2. The predicted molar refractivity (Wildman–Crippen MR) is 74.8 cm³/mol. The highest BCUT2D eigenvalue weighted by molar-refractivity contribution is 6.00. The lowest BCUT2D eigenvalue weighted by molar-refractivity contribution is 0.0708. The van der Waals surface area contributed by atoms with E-state index in [1.807, 2.05) is 20.8 Å². The van der Waals surface area contributed by atoms with E-state index < -0.39 is 5.41 Å². The second-order valence-electron chi connectivity index (χ2n) is 6.11. The molecule has 1 aliphatic heterocycles. The van der Waals surface area contributed by atoms with E-state index in [-0.39, 0.29) is 11.6 Å². The van der Waals surface area contributed by atoms with Gasteiger partial charge in [0.2, 0.25) is 0 Å². The molecule has 1 atom stereocenters. The molecule has 0 radical (unpaired) electrons. The Labute approximate surface area is 114 Å². The third kappa shape index (κ3) is 3.03. The van der Waals surface area contributed by atoms with Gasteiger partial charge < -0.3 is 5.32 Å². The quantitative estimate of drug-likeness (QED) is 0.847. The fraction of sp³-hybridized carbons (Fsp3) is 0.562. The molecule has 0 spiro atoms. The summed E-state index contributed by atoms with van der Waals surface area (Å²) in [5, 5.41) is 3.34. The van der Waals surface area contributed by atoms with Gasteiger partial charge in [0.05, 0.1) is 0 Å². The second kappa shape index (κ2) is 5.41. The van der Waals surface area contributed by atoms with E-state index in [1.165, 1.54) is 12.1 Å². The maximum atomic E-state index is 13.5. The van der Waals surface area contributed by atoms with Crippen LogP contribution in [0.15, 0.2) is 18.2 Å². The Kier molecular flexibility index (Phi) is 4.04. The van der Waals surface area contributed by atoms with Crippen LogP contribution >= 0.6 is 0 Å². The lowest BCUT2D eigenvalue weighted by Crippen LogP contribution is -2.42. The fourth-order valence-corrected chi connectivity index (χ4v) is 2.89. The number of carbonyl (C=O) groups is 1. The summed E-state index contributed by atoms with van der Waals surface area (Å²) in [4.78, 5) is 12.7. The molecule has 1 aromatic carbocycles. The van der Waals surface area contributed by atoms with Crippen molar-refractivity contribution in [2.24, 2.45) is 11.3 Å². The number of benzene rings is 1. The average Bonchev–Trinajstić information content (AvgIpc) is 2.37. The molecule has 0 aromatic heterocycles. The van der Waals surface area contributed by atoms with E-state index in [0.717, 1.165) is 31.5 Å². The number of nitrogens with one attached hydrogen (secondary N) is 1. The van der Waals surface area contributed by atoms with E-state index in [9.17, 15) is 9.18 Å². The van der Waals surface area contributed by atoms with Crippen molar-refractivity contribution in [2.75, 3.05) is 13.1 Å². The summed E-state index contributed by atoms with van der Waals surface area (Å²) in [6.07, 6.45) is 2.16. The average molecular weight is 263 g/mol. The topological polar surface area (TPSA) is 29.1 Å². The Morgan fingerprint density at radius 2 is 2.11 bits per heavy atom. The molecule has 104 valence electrons. The van der Waals surface area contributed by atoms with Crippen molar-refractivity contribution in [3.05, 3.63) is 35.1 Å². The van der Waals surface area contributed by atoms with Gasteiger partial charge >= 0.3 is 0 Å². The molecule has 1 aliphatic rings. The first-order chi connectivity index (χ1) is 8.91. The summed E-state index contributed by atoms with van der Waals surface area (Å²) < 4.78 is 13.5. The van der Waals surface area contributed by atoms with E-state index in [2.05, 4.69) is 5.32 Å². The first-order valence-corrected chi connectivity index (χ1v) is 6.94. The first-order valence-electron chi connectivity index (χ1n) is 6.94. The van der Waals surface area contributed by atoms with Crippen LogP contribution in [0.1, 0.15) is 42.6 Å². The van der Waals surface area contributed by atoms with Crippen LogP contribution in [-0.4, -0.2) is 18.9 Å². The molecular weight excluding hydrogens is 241 g/mol. The molecule has 2 nitrogen and oxygen atoms in total. The molecule has 1 heterocycles. The molecule has 19 heavy (non-hydrogen) atoms. The minimum atomic E-state index is -0.451. The number of halogens is 1. The third-order valence-electron chi connectivity index (χ3n) is 4.21. The molecule has 0 amide bonds. The molecule has 1 unspecified atom stereocenters. The van der Waals surface area contributed by atoms with E-state index in [1.54, 1.807) is 6.07 Å². The summed E-state index contributed by atoms with van der Waals surface area (Å²) in [6, 6.07) is 4.59. The molecule has 1 saturated heterocycles. The Balaban J connectivity index is 2.25. The smallest absolute Gasteiger partial charge is 0.168 e. The van der Waals surface area contributed by atoms with Gasteiger partial charge in [0, 0.05) is 11.0 Å². The van der Waals surface area contributed by atoms with Crippen molar-refractivity contribution in [2.45, 2.75) is 33.6 Å². The normalized spacial score (nSPS) is 20.3. The number of rotatable bonds is 3. The number of hydrogen-bond donors (Lipinski definition) is 1. The Bertz CT molecular complexity index is 455. The predicted octanol–water partition coefficient (Wildman–Crippen LogP) is 3.34. The summed E-state index contributed by atoms with van der Waals surface area (Å²) >= 11 is 0. The number of ketones is 1. The molecule has 0 aliphatic carbocycles. The van der Waals surface area contributed by atoms with Gasteiger partial charge in [-0.15, -0.1) is 0 Å². The number of piperidine rings is 1. The summed E-state index contributed by atoms with van der Waals surface area (Å²) in [6.45, 7) is 7.67. The lowest BCUT2D eigenvalue weighted by Gasteiger charge is -2.36. The van der Waals surface area contributed by atoms with Crippen LogP contribution in [0.3, 0.4) is 0 Å². The van der Waals surface area contributed by atoms with Crippen molar-refractivity contribution in [1.29, 1.82) is 0 Å². The van der Waals surface area contributed by atoms with Gasteiger partial charge in [0.1, 0.15) is 5.82 Å². The van der Waals surface area contributed by atoms with Crippen LogP contribution in [0.25, 0.3) is 0 Å². The van der Waals surface area contributed by atoms with Gasteiger partial charge in [-0.2, -0.15) is 0 Å². The highest BCUT2D eigenvalue weighted by Gasteiger charge is 2.37.